The average Bonchev–Trinajstić information content (AvgIpc) is 2.98. The van der Waals surface area contributed by atoms with E-state index in [4.69, 9.17) is 15.1 Å². The molecule has 0 aliphatic carbocycles. The lowest BCUT2D eigenvalue weighted by atomic mass is 10.0. The minimum atomic E-state index is -1.43. The largest absolute Gasteiger partial charge is 0.481 e. The van der Waals surface area contributed by atoms with E-state index in [1.807, 2.05) is 6.92 Å². The number of hydrogen-bond donors (Lipinski definition) is 4. The summed E-state index contributed by atoms with van der Waals surface area (Å²) in [5, 5.41) is 23.0. The fourth-order valence-electron chi connectivity index (χ4n) is 4.29. The molecule has 1 atom stereocenters. The summed E-state index contributed by atoms with van der Waals surface area (Å²) in [6.07, 6.45) is 15.5. The fraction of sp³-hybridized carbons (Fsp3) is 0.806. The van der Waals surface area contributed by atoms with Gasteiger partial charge in [0, 0.05) is 25.0 Å². The molecule has 3 amide bonds. The monoisotopic (exact) mass is 645 g/mol. The van der Waals surface area contributed by atoms with Crippen molar-refractivity contribution in [1.82, 2.24) is 15.7 Å². The molecular weight excluding hydrogens is 590 g/mol. The van der Waals surface area contributed by atoms with E-state index >= 15 is 0 Å². The zero-order chi connectivity index (χ0) is 33.0. The molecule has 0 aliphatic heterocycles. The molecule has 4 N–H and O–H groups in total. The van der Waals surface area contributed by atoms with Crippen LogP contribution in [-0.4, -0.2) is 81.5 Å². The van der Waals surface area contributed by atoms with Gasteiger partial charge in [-0.2, -0.15) is 16.8 Å². The maximum Gasteiger partial charge on any atom is 0.332 e. The second kappa shape index (κ2) is 27.7. The Labute approximate surface area is 266 Å². The Hall–Kier alpha value is -2.83. The highest BCUT2D eigenvalue weighted by Gasteiger charge is 2.24. The third kappa shape index (κ3) is 24.6. The minimum absolute atomic E-state index is 0.0638. The van der Waals surface area contributed by atoms with Crippen LogP contribution in [0, 0.1) is 0 Å². The minimum Gasteiger partial charge on any atom is -0.481 e. The van der Waals surface area contributed by atoms with Crippen LogP contribution in [0.3, 0.4) is 0 Å². The summed E-state index contributed by atoms with van der Waals surface area (Å²) in [6, 6.07) is -1.43. The second-order valence-electron chi connectivity index (χ2n) is 10.9. The fourth-order valence-corrected chi connectivity index (χ4v) is 5.11. The molecule has 0 aliphatic rings. The molecule has 12 nitrogen and oxygen atoms in total. The van der Waals surface area contributed by atoms with Gasteiger partial charge in [0.2, 0.25) is 11.8 Å². The Balaban J connectivity index is 4.55. The van der Waals surface area contributed by atoms with E-state index in [0.29, 0.717) is 12.2 Å². The first-order valence-electron chi connectivity index (χ1n) is 16.2. The van der Waals surface area contributed by atoms with Gasteiger partial charge < -0.3 is 25.7 Å². The van der Waals surface area contributed by atoms with E-state index in [9.17, 15) is 28.8 Å². The topological polar surface area (TPSA) is 179 Å². The van der Waals surface area contributed by atoms with Crippen molar-refractivity contribution >= 4 is 47.4 Å². The van der Waals surface area contributed by atoms with Gasteiger partial charge in [-0.3, -0.25) is 19.2 Å². The molecular formula is C31H55N3O9S. The summed E-state index contributed by atoms with van der Waals surface area (Å²) in [5.41, 5.74) is 0. The van der Waals surface area contributed by atoms with Crippen LogP contribution >= 0.6 is 11.8 Å². The first kappa shape index (κ1) is 41.2. The van der Waals surface area contributed by atoms with Crippen LogP contribution in [-0.2, 0) is 33.6 Å². The van der Waals surface area contributed by atoms with Crippen LogP contribution in [0.5, 0.6) is 0 Å². The number of unbranched alkanes of at least 4 members (excludes halogenated alkanes) is 12. The number of thioether (sulfide) groups is 1. The van der Waals surface area contributed by atoms with Gasteiger partial charge in [-0.1, -0.05) is 90.9 Å². The van der Waals surface area contributed by atoms with Crippen molar-refractivity contribution in [3.8, 4) is 0 Å². The lowest BCUT2D eigenvalue weighted by Crippen LogP contribution is -2.48. The number of carbonyl (C=O) groups is 6. The van der Waals surface area contributed by atoms with Crippen LogP contribution in [0.4, 0.5) is 0 Å². The van der Waals surface area contributed by atoms with Crippen molar-refractivity contribution in [1.29, 1.82) is 0 Å². The number of nitrogens with one attached hydrogen (secondary N) is 2. The highest BCUT2D eigenvalue weighted by molar-refractivity contribution is 7.99. The summed E-state index contributed by atoms with van der Waals surface area (Å²) < 4.78 is 0. The quantitative estimate of drug-likeness (QED) is 0.0679. The summed E-state index contributed by atoms with van der Waals surface area (Å²) in [4.78, 5) is 76.9. The number of carbonyl (C=O) groups excluding carboxylic acids is 4. The Morgan fingerprint density at radius 3 is 1.80 bits per heavy atom. The molecule has 0 rings (SSSR count). The van der Waals surface area contributed by atoms with E-state index < -0.39 is 61.2 Å². The molecule has 0 saturated heterocycles. The molecule has 0 radical (unpaired) electrons. The first-order chi connectivity index (χ1) is 21.1. The summed E-state index contributed by atoms with van der Waals surface area (Å²) in [5.74, 6) is -4.02. The normalized spacial score (nSPS) is 11.4. The summed E-state index contributed by atoms with van der Waals surface area (Å²) in [6.45, 7) is 3.03. The zero-order valence-electron chi connectivity index (χ0n) is 26.7. The molecule has 0 spiro atoms. The molecule has 0 fully saturated rings. The summed E-state index contributed by atoms with van der Waals surface area (Å²) in [7, 11) is 0. The predicted octanol–water partition coefficient (Wildman–Crippen LogP) is 4.84. The number of rotatable bonds is 28. The van der Waals surface area contributed by atoms with Crippen LogP contribution in [0.2, 0.25) is 0 Å². The van der Waals surface area contributed by atoms with E-state index in [2.05, 4.69) is 17.6 Å². The van der Waals surface area contributed by atoms with Gasteiger partial charge >= 0.3 is 17.9 Å². The second-order valence-corrected chi connectivity index (χ2v) is 12.1. The standard InChI is InChI=1S/C31H55N3O9S/c1-3-5-6-7-8-9-10-11-12-13-14-15-16-17-30(40)43-34(28(37)20-22-44-21-4-2)24-27(36)32-23-26(35)33-25(31(41)42)18-19-29(38)39/h25H,3-24H2,1-2H3,(H,32,36)(H,33,35)(H,38,39)(H,41,42)/t25-/m0/s1. The SMILES string of the molecule is CCCCCCCCCCCCCCCC(=O)ON(CC(=O)NCC(=O)N[C@@H](CCC(=O)O)C(=O)O)C(=O)CCSCCC. The van der Waals surface area contributed by atoms with Gasteiger partial charge in [0.15, 0.2) is 0 Å². The molecule has 13 heteroatoms. The maximum absolute atomic E-state index is 12.7. The van der Waals surface area contributed by atoms with Gasteiger partial charge in [-0.05, 0) is 25.0 Å². The highest BCUT2D eigenvalue weighted by atomic mass is 32.2. The molecule has 254 valence electrons. The molecule has 0 aromatic rings. The van der Waals surface area contributed by atoms with Gasteiger partial charge in [0.05, 0.1) is 6.54 Å². The predicted molar refractivity (Wildman–Crippen MR) is 170 cm³/mol. The summed E-state index contributed by atoms with van der Waals surface area (Å²) >= 11 is 1.57. The Kier molecular flexibility index (Phi) is 25.9. The van der Waals surface area contributed by atoms with E-state index in [1.165, 1.54) is 57.8 Å². The molecule has 44 heavy (non-hydrogen) atoms. The highest BCUT2D eigenvalue weighted by Crippen LogP contribution is 2.14. The number of aliphatic carboxylic acids is 2. The lowest BCUT2D eigenvalue weighted by molar-refractivity contribution is -0.198. The average molecular weight is 646 g/mol. The number of hydrogen-bond acceptors (Lipinski definition) is 8. The molecule has 0 aromatic carbocycles. The number of carboxylic acids is 2. The van der Waals surface area contributed by atoms with Crippen LogP contribution in [0.1, 0.15) is 129 Å². The van der Waals surface area contributed by atoms with Crippen molar-refractivity contribution in [2.75, 3.05) is 24.6 Å². The molecule has 0 saturated carbocycles. The Bertz CT molecular complexity index is 857. The molecule has 0 unspecified atom stereocenters. The van der Waals surface area contributed by atoms with E-state index in [0.717, 1.165) is 36.5 Å². The number of nitrogens with zero attached hydrogens (tertiary/aromatic N) is 1. The van der Waals surface area contributed by atoms with E-state index in [1.54, 1.807) is 11.8 Å². The maximum atomic E-state index is 12.7. The third-order valence-electron chi connectivity index (χ3n) is 6.80. The van der Waals surface area contributed by atoms with Crippen LogP contribution in [0.25, 0.3) is 0 Å². The first-order valence-corrected chi connectivity index (χ1v) is 17.4. The molecule has 0 aromatic heterocycles. The molecule has 0 heterocycles. The smallest absolute Gasteiger partial charge is 0.332 e. The molecule has 0 bridgehead atoms. The third-order valence-corrected chi connectivity index (χ3v) is 7.99. The number of hydroxylamine groups is 2. The van der Waals surface area contributed by atoms with E-state index in [-0.39, 0.29) is 19.3 Å². The van der Waals surface area contributed by atoms with Gasteiger partial charge in [0.1, 0.15) is 12.6 Å². The van der Waals surface area contributed by atoms with Crippen LogP contribution < -0.4 is 10.6 Å². The number of carboxylic acid groups (broad SMARTS) is 2. The number of amides is 3. The Morgan fingerprint density at radius 1 is 0.705 bits per heavy atom. The van der Waals surface area contributed by atoms with Crippen molar-refractivity contribution in [3.05, 3.63) is 0 Å². The van der Waals surface area contributed by atoms with Gasteiger partial charge in [-0.25, -0.2) is 9.59 Å². The van der Waals surface area contributed by atoms with Crippen molar-refractivity contribution in [3.63, 3.8) is 0 Å². The lowest BCUT2D eigenvalue weighted by Gasteiger charge is -2.21. The van der Waals surface area contributed by atoms with Crippen molar-refractivity contribution in [2.45, 2.75) is 135 Å². The van der Waals surface area contributed by atoms with Crippen LogP contribution in [0.15, 0.2) is 0 Å². The van der Waals surface area contributed by atoms with Gasteiger partial charge in [-0.15, -0.1) is 0 Å². The zero-order valence-corrected chi connectivity index (χ0v) is 27.6. The Morgan fingerprint density at radius 2 is 1.27 bits per heavy atom. The van der Waals surface area contributed by atoms with Crippen molar-refractivity contribution in [2.24, 2.45) is 0 Å². The van der Waals surface area contributed by atoms with Crippen molar-refractivity contribution < 1.29 is 43.8 Å². The van der Waals surface area contributed by atoms with Gasteiger partial charge in [0.25, 0.3) is 5.91 Å².